The van der Waals surface area contributed by atoms with Crippen molar-refractivity contribution in [1.82, 2.24) is 4.90 Å². The summed E-state index contributed by atoms with van der Waals surface area (Å²) in [7, 11) is 2.03. The lowest BCUT2D eigenvalue weighted by molar-refractivity contribution is 0.319. The molecule has 0 saturated carbocycles. The Morgan fingerprint density at radius 1 is 1.41 bits per heavy atom. The van der Waals surface area contributed by atoms with Gasteiger partial charge in [0.2, 0.25) is 0 Å². The Hall–Kier alpha value is -1.00. The highest BCUT2D eigenvalue weighted by molar-refractivity contribution is 7.80. The fourth-order valence-electron chi connectivity index (χ4n) is 1.71. The molecule has 0 aliphatic heterocycles. The fourth-order valence-corrected chi connectivity index (χ4v) is 1.85. The second kappa shape index (κ2) is 7.35. The number of thiocarbonyl (C=S) groups is 1. The van der Waals surface area contributed by atoms with Crippen LogP contribution in [0, 0.1) is 5.82 Å². The number of unbranched alkanes of at least 4 members (excludes halogenated alkanes) is 1. The number of hydrogen-bond donors (Lipinski definition) is 1. The largest absolute Gasteiger partial charge is 0.393 e. The Labute approximate surface area is 108 Å². The van der Waals surface area contributed by atoms with Crippen LogP contribution in [-0.2, 0) is 6.54 Å². The molecule has 4 heteroatoms. The highest BCUT2D eigenvalue weighted by Gasteiger charge is 2.01. The Bertz CT molecular complexity index is 368. The average molecular weight is 254 g/mol. The number of benzene rings is 1. The molecule has 0 spiro atoms. The van der Waals surface area contributed by atoms with Crippen molar-refractivity contribution in [3.8, 4) is 0 Å². The molecule has 0 bridgehead atoms. The summed E-state index contributed by atoms with van der Waals surface area (Å²) in [6.45, 7) is 1.74. The first-order valence-electron chi connectivity index (χ1n) is 5.79. The van der Waals surface area contributed by atoms with E-state index in [-0.39, 0.29) is 5.82 Å². The number of hydrogen-bond acceptors (Lipinski definition) is 2. The zero-order valence-electron chi connectivity index (χ0n) is 10.2. The molecule has 17 heavy (non-hydrogen) atoms. The number of halogens is 1. The molecule has 0 radical (unpaired) electrons. The predicted octanol–water partition coefficient (Wildman–Crippen LogP) is 2.71. The molecule has 1 aromatic carbocycles. The summed E-state index contributed by atoms with van der Waals surface area (Å²) in [5.74, 6) is -0.176. The van der Waals surface area contributed by atoms with Gasteiger partial charge < -0.3 is 10.6 Å². The van der Waals surface area contributed by atoms with Gasteiger partial charge in [-0.15, -0.1) is 0 Å². The summed E-state index contributed by atoms with van der Waals surface area (Å²) in [4.78, 5) is 2.76. The Morgan fingerprint density at radius 3 is 2.82 bits per heavy atom. The molecule has 2 nitrogen and oxygen atoms in total. The van der Waals surface area contributed by atoms with E-state index < -0.39 is 0 Å². The van der Waals surface area contributed by atoms with E-state index in [0.717, 1.165) is 37.9 Å². The molecule has 2 N–H and O–H groups in total. The number of nitrogens with two attached hydrogens (primary N) is 1. The van der Waals surface area contributed by atoms with E-state index in [0.29, 0.717) is 4.99 Å². The minimum absolute atomic E-state index is 0.176. The van der Waals surface area contributed by atoms with Crippen molar-refractivity contribution in [1.29, 1.82) is 0 Å². The molecule has 0 fully saturated rings. The second-order valence-corrected chi connectivity index (χ2v) is 4.82. The third-order valence-electron chi connectivity index (χ3n) is 2.55. The van der Waals surface area contributed by atoms with Gasteiger partial charge in [0.25, 0.3) is 0 Å². The summed E-state index contributed by atoms with van der Waals surface area (Å²) < 4.78 is 13.0. The van der Waals surface area contributed by atoms with Crippen LogP contribution in [0.25, 0.3) is 0 Å². The van der Waals surface area contributed by atoms with Gasteiger partial charge in [-0.1, -0.05) is 24.4 Å². The van der Waals surface area contributed by atoms with Gasteiger partial charge >= 0.3 is 0 Å². The van der Waals surface area contributed by atoms with Gasteiger partial charge in [0.05, 0.1) is 4.99 Å². The molecule has 0 unspecified atom stereocenters. The van der Waals surface area contributed by atoms with Crippen molar-refractivity contribution in [2.45, 2.75) is 25.8 Å². The molecule has 0 amide bonds. The predicted molar refractivity (Wildman–Crippen MR) is 73.4 cm³/mol. The summed E-state index contributed by atoms with van der Waals surface area (Å²) in [6, 6.07) is 6.72. The number of nitrogens with zero attached hydrogens (tertiary/aromatic N) is 1. The van der Waals surface area contributed by atoms with E-state index in [1.165, 1.54) is 6.07 Å². The van der Waals surface area contributed by atoms with Gasteiger partial charge in [-0.05, 0) is 50.6 Å². The van der Waals surface area contributed by atoms with Crippen LogP contribution in [0.3, 0.4) is 0 Å². The van der Waals surface area contributed by atoms with Crippen molar-refractivity contribution in [2.24, 2.45) is 5.73 Å². The van der Waals surface area contributed by atoms with Gasteiger partial charge in [-0.3, -0.25) is 0 Å². The molecule has 0 atom stereocenters. The Kier molecular flexibility index (Phi) is 6.08. The maximum atomic E-state index is 13.0. The zero-order valence-corrected chi connectivity index (χ0v) is 11.0. The van der Waals surface area contributed by atoms with Crippen molar-refractivity contribution in [3.63, 3.8) is 0 Å². The van der Waals surface area contributed by atoms with Crippen LogP contribution in [0.1, 0.15) is 24.8 Å². The quantitative estimate of drug-likeness (QED) is 0.599. The fraction of sp³-hybridized carbons (Fsp3) is 0.462. The van der Waals surface area contributed by atoms with Crippen molar-refractivity contribution in [2.75, 3.05) is 13.6 Å². The lowest BCUT2D eigenvalue weighted by atomic mass is 10.2. The van der Waals surface area contributed by atoms with E-state index in [1.807, 2.05) is 13.1 Å². The van der Waals surface area contributed by atoms with E-state index >= 15 is 0 Å². The standard InChI is InChI=1S/C13H19FN2S/c1-16(8-3-2-7-13(15)17)10-11-5-4-6-12(14)9-11/h4-6,9H,2-3,7-8,10H2,1H3,(H2,15,17). The molecule has 0 aliphatic carbocycles. The van der Waals surface area contributed by atoms with E-state index in [4.69, 9.17) is 18.0 Å². The molecule has 94 valence electrons. The van der Waals surface area contributed by atoms with Crippen molar-refractivity contribution >= 4 is 17.2 Å². The molecular weight excluding hydrogens is 235 g/mol. The lowest BCUT2D eigenvalue weighted by Crippen LogP contribution is -2.19. The summed E-state index contributed by atoms with van der Waals surface area (Å²) >= 11 is 4.82. The van der Waals surface area contributed by atoms with Crippen LogP contribution >= 0.6 is 12.2 Å². The number of rotatable bonds is 7. The summed E-state index contributed by atoms with van der Waals surface area (Å²) in [5.41, 5.74) is 6.43. The Balaban J connectivity index is 2.25. The topological polar surface area (TPSA) is 29.3 Å². The molecule has 0 aromatic heterocycles. The normalized spacial score (nSPS) is 10.8. The average Bonchev–Trinajstić information content (AvgIpc) is 2.24. The molecule has 0 heterocycles. The van der Waals surface area contributed by atoms with Gasteiger partial charge in [-0.25, -0.2) is 4.39 Å². The van der Waals surface area contributed by atoms with E-state index in [1.54, 1.807) is 12.1 Å². The van der Waals surface area contributed by atoms with Crippen molar-refractivity contribution in [3.05, 3.63) is 35.6 Å². The maximum absolute atomic E-state index is 13.0. The molecule has 1 aromatic rings. The first-order chi connectivity index (χ1) is 8.08. The van der Waals surface area contributed by atoms with Crippen LogP contribution in [0.5, 0.6) is 0 Å². The van der Waals surface area contributed by atoms with E-state index in [9.17, 15) is 4.39 Å². The van der Waals surface area contributed by atoms with Gasteiger partial charge in [-0.2, -0.15) is 0 Å². The first kappa shape index (κ1) is 14.1. The van der Waals surface area contributed by atoms with Gasteiger partial charge in [0, 0.05) is 6.54 Å². The van der Waals surface area contributed by atoms with Gasteiger partial charge in [0.1, 0.15) is 5.82 Å². The highest BCUT2D eigenvalue weighted by Crippen LogP contribution is 2.07. The third-order valence-corrected chi connectivity index (χ3v) is 2.76. The van der Waals surface area contributed by atoms with Crippen LogP contribution in [0.15, 0.2) is 24.3 Å². The van der Waals surface area contributed by atoms with Crippen LogP contribution in [0.2, 0.25) is 0 Å². The molecular formula is C13H19FN2S. The summed E-state index contributed by atoms with van der Waals surface area (Å²) in [6.07, 6.45) is 2.88. The molecule has 0 saturated heterocycles. The minimum atomic E-state index is -0.176. The van der Waals surface area contributed by atoms with Crippen LogP contribution in [0.4, 0.5) is 4.39 Å². The second-order valence-electron chi connectivity index (χ2n) is 4.29. The maximum Gasteiger partial charge on any atom is 0.123 e. The Morgan fingerprint density at radius 2 is 2.18 bits per heavy atom. The van der Waals surface area contributed by atoms with Crippen molar-refractivity contribution < 1.29 is 4.39 Å². The third kappa shape index (κ3) is 6.34. The van der Waals surface area contributed by atoms with Crippen LogP contribution < -0.4 is 5.73 Å². The molecule has 1 rings (SSSR count). The molecule has 0 aliphatic rings. The van der Waals surface area contributed by atoms with E-state index in [2.05, 4.69) is 4.90 Å². The monoisotopic (exact) mass is 254 g/mol. The summed E-state index contributed by atoms with van der Waals surface area (Å²) in [5, 5.41) is 0. The van der Waals surface area contributed by atoms with Gasteiger partial charge in [0.15, 0.2) is 0 Å². The zero-order chi connectivity index (χ0) is 12.7. The highest BCUT2D eigenvalue weighted by atomic mass is 32.1. The smallest absolute Gasteiger partial charge is 0.123 e. The first-order valence-corrected chi connectivity index (χ1v) is 6.20. The van der Waals surface area contributed by atoms with Crippen LogP contribution in [-0.4, -0.2) is 23.5 Å². The SMILES string of the molecule is CN(CCCCC(N)=S)Cc1cccc(F)c1. The lowest BCUT2D eigenvalue weighted by Gasteiger charge is -2.16. The minimum Gasteiger partial charge on any atom is -0.393 e.